The van der Waals surface area contributed by atoms with Crippen LogP contribution in [0.25, 0.3) is 16.5 Å². The van der Waals surface area contributed by atoms with Crippen LogP contribution in [0.3, 0.4) is 0 Å². The summed E-state index contributed by atoms with van der Waals surface area (Å²) in [5, 5.41) is 0.991. The van der Waals surface area contributed by atoms with Gasteiger partial charge in [0.15, 0.2) is 0 Å². The number of anilines is 1. The fourth-order valence-corrected chi connectivity index (χ4v) is 5.80. The maximum atomic E-state index is 13.6. The second-order valence-electron chi connectivity index (χ2n) is 8.06. The molecular formula is C23H25N3O2S. The fraction of sp³-hybridized carbons (Fsp3) is 0.304. The van der Waals surface area contributed by atoms with Crippen LogP contribution >= 0.6 is 0 Å². The quantitative estimate of drug-likeness (QED) is 0.666. The lowest BCUT2D eigenvalue weighted by atomic mass is 9.99. The Hall–Kier alpha value is -2.57. The molecule has 5 nitrogen and oxygen atoms in total. The number of nitrogens with zero attached hydrogens (tertiary/aromatic N) is 3. The fourth-order valence-electron chi connectivity index (χ4n) is 4.41. The summed E-state index contributed by atoms with van der Waals surface area (Å²) in [6, 6.07) is 13.3. The first-order chi connectivity index (χ1) is 13.9. The lowest BCUT2D eigenvalue weighted by molar-refractivity contribution is 0.370. The van der Waals surface area contributed by atoms with Crippen molar-refractivity contribution in [3.63, 3.8) is 0 Å². The maximum Gasteiger partial charge on any atom is 0.268 e. The van der Waals surface area contributed by atoms with Gasteiger partial charge in [0.25, 0.3) is 10.0 Å². The van der Waals surface area contributed by atoms with Crippen LogP contribution in [0.5, 0.6) is 0 Å². The third kappa shape index (κ3) is 2.98. The molecule has 0 bridgehead atoms. The highest BCUT2D eigenvalue weighted by Crippen LogP contribution is 2.35. The summed E-state index contributed by atoms with van der Waals surface area (Å²) in [4.78, 5) is 4.73. The number of benzene rings is 2. The van der Waals surface area contributed by atoms with Gasteiger partial charge in [-0.15, -0.1) is 0 Å². The first-order valence-electron chi connectivity index (χ1n) is 10.0. The number of fused-ring (bicyclic) bond motifs is 2. The van der Waals surface area contributed by atoms with Crippen LogP contribution in [0.15, 0.2) is 59.6 Å². The predicted molar refractivity (Wildman–Crippen MR) is 118 cm³/mol. The smallest absolute Gasteiger partial charge is 0.268 e. The van der Waals surface area contributed by atoms with Gasteiger partial charge in [0.05, 0.1) is 10.4 Å². The molecule has 2 aromatic carbocycles. The molecule has 2 aliphatic heterocycles. The summed E-state index contributed by atoms with van der Waals surface area (Å²) in [7, 11) is 0.428. The Kier molecular flexibility index (Phi) is 4.29. The van der Waals surface area contributed by atoms with Crippen molar-refractivity contribution in [2.24, 2.45) is 0 Å². The zero-order chi connectivity index (χ0) is 20.2. The predicted octanol–water partition coefficient (Wildman–Crippen LogP) is 3.59. The van der Waals surface area contributed by atoms with Crippen LogP contribution in [-0.4, -0.2) is 51.0 Å². The van der Waals surface area contributed by atoms with Crippen molar-refractivity contribution in [3.05, 3.63) is 65.9 Å². The highest BCUT2D eigenvalue weighted by molar-refractivity contribution is 7.90. The number of hydrogen-bond acceptors (Lipinski definition) is 4. The van der Waals surface area contributed by atoms with Crippen molar-refractivity contribution in [2.75, 3.05) is 38.6 Å². The van der Waals surface area contributed by atoms with Gasteiger partial charge in [0.1, 0.15) is 0 Å². The molecule has 0 atom stereocenters. The highest BCUT2D eigenvalue weighted by Gasteiger charge is 2.25. The monoisotopic (exact) mass is 407 g/mol. The van der Waals surface area contributed by atoms with E-state index in [4.69, 9.17) is 0 Å². The topological polar surface area (TPSA) is 45.6 Å². The number of likely N-dealkylation sites (N-methyl/N-ethyl adjacent to an activating group) is 2. The van der Waals surface area contributed by atoms with Crippen molar-refractivity contribution >= 4 is 32.2 Å². The normalized spacial score (nSPS) is 17.6. The third-order valence-electron chi connectivity index (χ3n) is 6.18. The van der Waals surface area contributed by atoms with Gasteiger partial charge in [-0.2, -0.15) is 0 Å². The van der Waals surface area contributed by atoms with Crippen LogP contribution < -0.4 is 4.90 Å². The Morgan fingerprint density at radius 2 is 1.79 bits per heavy atom. The van der Waals surface area contributed by atoms with Gasteiger partial charge >= 0.3 is 0 Å². The summed E-state index contributed by atoms with van der Waals surface area (Å²) in [6.07, 6.45) is 5.92. The zero-order valence-corrected chi connectivity index (χ0v) is 17.6. The largest absolute Gasteiger partial charge is 0.374 e. The van der Waals surface area contributed by atoms with Crippen molar-refractivity contribution in [1.82, 2.24) is 8.87 Å². The molecule has 1 aromatic heterocycles. The van der Waals surface area contributed by atoms with E-state index in [1.54, 1.807) is 6.07 Å². The van der Waals surface area contributed by atoms with E-state index < -0.39 is 10.0 Å². The number of hydrogen-bond donors (Lipinski definition) is 0. The van der Waals surface area contributed by atoms with E-state index in [9.17, 15) is 8.42 Å². The average Bonchev–Trinajstić information content (AvgIpc) is 3.30. The number of aromatic nitrogens is 1. The van der Waals surface area contributed by atoms with Crippen LogP contribution in [0.2, 0.25) is 0 Å². The summed E-state index contributed by atoms with van der Waals surface area (Å²) in [5.74, 6) is 0. The first-order valence-corrected chi connectivity index (χ1v) is 11.5. The molecule has 0 unspecified atom stereocenters. The molecule has 0 amide bonds. The molecule has 3 heterocycles. The van der Waals surface area contributed by atoms with Crippen LogP contribution in [0.1, 0.15) is 17.5 Å². The molecular weight excluding hydrogens is 382 g/mol. The minimum Gasteiger partial charge on any atom is -0.374 e. The molecule has 0 N–H and O–H groups in total. The summed E-state index contributed by atoms with van der Waals surface area (Å²) < 4.78 is 28.7. The molecule has 5 rings (SSSR count). The Labute approximate surface area is 171 Å². The third-order valence-corrected chi connectivity index (χ3v) is 7.85. The number of para-hydroxylation sites is 1. The lowest BCUT2D eigenvalue weighted by Gasteiger charge is -2.21. The second-order valence-corrected chi connectivity index (χ2v) is 9.88. The molecule has 0 spiro atoms. The number of rotatable bonds is 3. The zero-order valence-electron chi connectivity index (χ0n) is 16.8. The van der Waals surface area contributed by atoms with Gasteiger partial charge in [-0.1, -0.05) is 30.3 Å². The summed E-state index contributed by atoms with van der Waals surface area (Å²) in [5.41, 5.74) is 5.20. The van der Waals surface area contributed by atoms with Gasteiger partial charge in [-0.25, -0.2) is 12.4 Å². The molecule has 0 fully saturated rings. The van der Waals surface area contributed by atoms with E-state index in [0.717, 1.165) is 54.6 Å². The standard InChI is InChI=1S/C23H25N3O2S/c1-24-12-9-17(10-13-24)21-16-26(22-6-4-3-5-20(21)22)29(27,28)19-8-7-18-11-14-25(2)23(18)15-19/h3-9,15-16H,10-14H2,1-2H3. The molecule has 0 saturated heterocycles. The minimum atomic E-state index is -3.69. The van der Waals surface area contributed by atoms with Crippen molar-refractivity contribution in [2.45, 2.75) is 17.7 Å². The first kappa shape index (κ1) is 18.5. The molecule has 0 saturated carbocycles. The van der Waals surface area contributed by atoms with Crippen LogP contribution in [0, 0.1) is 0 Å². The van der Waals surface area contributed by atoms with Crippen molar-refractivity contribution in [3.8, 4) is 0 Å². The highest BCUT2D eigenvalue weighted by atomic mass is 32.2. The van der Waals surface area contributed by atoms with Gasteiger partial charge in [-0.05, 0) is 49.2 Å². The molecule has 2 aliphatic rings. The van der Waals surface area contributed by atoms with E-state index in [2.05, 4.69) is 22.9 Å². The lowest BCUT2D eigenvalue weighted by Crippen LogP contribution is -2.23. The van der Waals surface area contributed by atoms with E-state index in [1.165, 1.54) is 15.1 Å². The Morgan fingerprint density at radius 3 is 2.59 bits per heavy atom. The molecule has 0 radical (unpaired) electrons. The summed E-state index contributed by atoms with van der Waals surface area (Å²) >= 11 is 0. The molecule has 6 heteroatoms. The van der Waals surface area contributed by atoms with Crippen molar-refractivity contribution in [1.29, 1.82) is 0 Å². The minimum absolute atomic E-state index is 0.342. The second kappa shape index (κ2) is 6.75. The Balaban J connectivity index is 1.66. The van der Waals surface area contributed by atoms with E-state index in [1.807, 2.05) is 49.6 Å². The van der Waals surface area contributed by atoms with Crippen molar-refractivity contribution < 1.29 is 8.42 Å². The average molecular weight is 408 g/mol. The molecule has 150 valence electrons. The van der Waals surface area contributed by atoms with Gasteiger partial charge in [0, 0.05) is 49.5 Å². The molecule has 29 heavy (non-hydrogen) atoms. The van der Waals surface area contributed by atoms with Crippen LogP contribution in [-0.2, 0) is 16.4 Å². The van der Waals surface area contributed by atoms with Gasteiger partial charge < -0.3 is 9.80 Å². The SMILES string of the molecule is CN1CC=C(c2cn(S(=O)(=O)c3ccc4c(c3)N(C)CC4)c3ccccc23)CC1. The van der Waals surface area contributed by atoms with Crippen LogP contribution in [0.4, 0.5) is 5.69 Å². The Bertz CT molecular complexity index is 1240. The Morgan fingerprint density at radius 1 is 0.966 bits per heavy atom. The maximum absolute atomic E-state index is 13.6. The molecule has 0 aliphatic carbocycles. The summed E-state index contributed by atoms with van der Waals surface area (Å²) in [6.45, 7) is 2.80. The molecule has 3 aromatic rings. The van der Waals surface area contributed by atoms with Gasteiger partial charge in [0.2, 0.25) is 0 Å². The van der Waals surface area contributed by atoms with E-state index >= 15 is 0 Å². The van der Waals surface area contributed by atoms with E-state index in [0.29, 0.717) is 4.90 Å². The van der Waals surface area contributed by atoms with E-state index in [-0.39, 0.29) is 0 Å². The van der Waals surface area contributed by atoms with Gasteiger partial charge in [-0.3, -0.25) is 0 Å².